The van der Waals surface area contributed by atoms with E-state index >= 15 is 0 Å². The molecule has 1 aromatic heterocycles. The van der Waals surface area contributed by atoms with Crippen LogP contribution in [0.2, 0.25) is 0 Å². The third-order valence-electron chi connectivity index (χ3n) is 7.54. The van der Waals surface area contributed by atoms with Gasteiger partial charge in [0, 0.05) is 31.3 Å². The summed E-state index contributed by atoms with van der Waals surface area (Å²) < 4.78 is 18.8. The molecule has 3 aromatic rings. The SMILES string of the molecule is COc1cc2c(c(OC)c1OC)-c1ccc(N[C@H](C(=O)Nc3cc(C)n(C)n3)C(C)C)c(=O)cc1[C@@H](NC(C)=O)CC2. The number of methoxy groups -OCH3 is 3. The largest absolute Gasteiger partial charge is 0.493 e. The second-order valence-corrected chi connectivity index (χ2v) is 10.7. The predicted octanol–water partition coefficient (Wildman–Crippen LogP) is 3.98. The third kappa shape index (κ3) is 6.05. The van der Waals surface area contributed by atoms with Gasteiger partial charge in [-0.05, 0) is 60.6 Å². The number of anilines is 2. The first-order chi connectivity index (χ1) is 20.0. The number of carbonyl (C=O) groups is 2. The van der Waals surface area contributed by atoms with Crippen molar-refractivity contribution >= 4 is 23.3 Å². The van der Waals surface area contributed by atoms with Crippen molar-refractivity contribution in [2.45, 2.75) is 52.6 Å². The van der Waals surface area contributed by atoms with Crippen molar-refractivity contribution in [1.29, 1.82) is 0 Å². The van der Waals surface area contributed by atoms with Gasteiger partial charge in [-0.2, -0.15) is 5.10 Å². The van der Waals surface area contributed by atoms with E-state index in [1.807, 2.05) is 32.9 Å². The third-order valence-corrected chi connectivity index (χ3v) is 7.54. The first-order valence-corrected chi connectivity index (χ1v) is 13.8. The van der Waals surface area contributed by atoms with Crippen LogP contribution < -0.4 is 35.6 Å². The van der Waals surface area contributed by atoms with Crippen molar-refractivity contribution in [3.63, 3.8) is 0 Å². The van der Waals surface area contributed by atoms with E-state index < -0.39 is 12.1 Å². The van der Waals surface area contributed by atoms with E-state index in [0.29, 0.717) is 47.0 Å². The van der Waals surface area contributed by atoms with Gasteiger partial charge in [-0.15, -0.1) is 0 Å². The molecular weight excluding hydrogens is 538 g/mol. The van der Waals surface area contributed by atoms with Crippen LogP contribution in [0.3, 0.4) is 0 Å². The summed E-state index contributed by atoms with van der Waals surface area (Å²) in [5.41, 5.74) is 3.86. The van der Waals surface area contributed by atoms with E-state index in [0.717, 1.165) is 16.8 Å². The highest BCUT2D eigenvalue weighted by Gasteiger charge is 2.30. The number of carbonyl (C=O) groups excluding carboxylic acids is 2. The van der Waals surface area contributed by atoms with Crippen LogP contribution in [-0.2, 0) is 23.1 Å². The molecule has 0 unspecified atom stereocenters. The van der Waals surface area contributed by atoms with Crippen molar-refractivity contribution < 1.29 is 23.8 Å². The highest BCUT2D eigenvalue weighted by molar-refractivity contribution is 5.96. The molecule has 0 fully saturated rings. The fourth-order valence-corrected chi connectivity index (χ4v) is 5.36. The van der Waals surface area contributed by atoms with Crippen LogP contribution in [0, 0.1) is 12.8 Å². The molecule has 11 nitrogen and oxygen atoms in total. The average Bonchev–Trinajstić information content (AvgIpc) is 3.08. The van der Waals surface area contributed by atoms with E-state index in [-0.39, 0.29) is 28.8 Å². The number of rotatable bonds is 9. The van der Waals surface area contributed by atoms with Gasteiger partial charge in [-0.25, -0.2) is 0 Å². The molecule has 0 aliphatic heterocycles. The topological polar surface area (TPSA) is 133 Å². The van der Waals surface area contributed by atoms with Crippen LogP contribution in [0.25, 0.3) is 11.1 Å². The molecule has 1 heterocycles. The zero-order valence-corrected chi connectivity index (χ0v) is 25.4. The molecule has 42 heavy (non-hydrogen) atoms. The zero-order valence-electron chi connectivity index (χ0n) is 25.4. The second-order valence-electron chi connectivity index (χ2n) is 10.7. The van der Waals surface area contributed by atoms with E-state index in [9.17, 15) is 14.4 Å². The highest BCUT2D eigenvalue weighted by Crippen LogP contribution is 2.50. The maximum Gasteiger partial charge on any atom is 0.248 e. The van der Waals surface area contributed by atoms with Crippen LogP contribution >= 0.6 is 0 Å². The van der Waals surface area contributed by atoms with Gasteiger partial charge >= 0.3 is 0 Å². The normalized spacial score (nSPS) is 14.6. The molecule has 1 aliphatic rings. The Labute approximate surface area is 245 Å². The van der Waals surface area contributed by atoms with Gasteiger partial charge in [-0.1, -0.05) is 19.9 Å². The quantitative estimate of drug-likeness (QED) is 0.348. The van der Waals surface area contributed by atoms with Crippen LogP contribution in [0.1, 0.15) is 50.1 Å². The van der Waals surface area contributed by atoms with Gasteiger partial charge in [0.1, 0.15) is 6.04 Å². The number of ether oxygens (including phenoxy) is 3. The fraction of sp³-hybridized carbons (Fsp3) is 0.419. The summed E-state index contributed by atoms with van der Waals surface area (Å²) in [5, 5.41) is 13.3. The average molecular weight is 578 g/mol. The van der Waals surface area contributed by atoms with Gasteiger partial charge in [0.2, 0.25) is 23.0 Å². The summed E-state index contributed by atoms with van der Waals surface area (Å²) in [5.74, 6) is 1.18. The molecule has 4 rings (SSSR count). The standard InChI is InChI=1S/C31H39N5O6/c1-16(2)28(31(39)34-26-13-17(3)36(5)35-26)33-23-12-10-20-21(15-24(23)38)22(32-18(4)37)11-9-19-14-25(40-6)29(41-7)30(42-8)27(19)20/h10,12-16,22,28H,9,11H2,1-8H3,(H,32,37)(H,33,38)(H,34,35,39)/t22-,28-/m0/s1. The monoisotopic (exact) mass is 577 g/mol. The zero-order chi connectivity index (χ0) is 30.7. The minimum Gasteiger partial charge on any atom is -0.493 e. The van der Waals surface area contributed by atoms with Crippen molar-refractivity contribution in [3.8, 4) is 28.4 Å². The lowest BCUT2D eigenvalue weighted by Crippen LogP contribution is -2.40. The Morgan fingerprint density at radius 2 is 1.76 bits per heavy atom. The number of nitrogens with one attached hydrogen (secondary N) is 3. The predicted molar refractivity (Wildman–Crippen MR) is 162 cm³/mol. The van der Waals surface area contributed by atoms with Crippen LogP contribution in [-0.4, -0.2) is 49.0 Å². The number of amides is 2. The Morgan fingerprint density at radius 3 is 2.33 bits per heavy atom. The minimum absolute atomic E-state index is 0.151. The fourth-order valence-electron chi connectivity index (χ4n) is 5.36. The Balaban J connectivity index is 1.85. The molecule has 2 atom stereocenters. The van der Waals surface area contributed by atoms with Gasteiger partial charge in [0.25, 0.3) is 0 Å². The molecule has 0 saturated heterocycles. The van der Waals surface area contributed by atoms with Crippen LogP contribution in [0.15, 0.2) is 35.1 Å². The number of aromatic nitrogens is 2. The summed E-state index contributed by atoms with van der Waals surface area (Å²) in [4.78, 5) is 39.2. The first-order valence-electron chi connectivity index (χ1n) is 13.8. The van der Waals surface area contributed by atoms with Crippen LogP contribution in [0.4, 0.5) is 11.5 Å². The summed E-state index contributed by atoms with van der Waals surface area (Å²) in [6.07, 6.45) is 1.14. The Hall–Kier alpha value is -4.54. The van der Waals surface area contributed by atoms with Crippen molar-refractivity contribution in [2.24, 2.45) is 13.0 Å². The van der Waals surface area contributed by atoms with E-state index in [2.05, 4.69) is 21.0 Å². The van der Waals surface area contributed by atoms with Crippen LogP contribution in [0.5, 0.6) is 17.2 Å². The number of benzene rings is 1. The molecule has 0 radical (unpaired) electrons. The van der Waals surface area contributed by atoms with Gasteiger partial charge < -0.3 is 30.2 Å². The summed E-state index contributed by atoms with van der Waals surface area (Å²) in [7, 11) is 6.45. The molecule has 2 aromatic carbocycles. The molecule has 1 aliphatic carbocycles. The number of hydrogen-bond acceptors (Lipinski definition) is 8. The molecule has 11 heteroatoms. The first kappa shape index (κ1) is 30.4. The number of fused-ring (bicyclic) bond motifs is 3. The number of aryl methyl sites for hydroxylation is 3. The number of hydrogen-bond donors (Lipinski definition) is 3. The Morgan fingerprint density at radius 1 is 1.05 bits per heavy atom. The lowest BCUT2D eigenvalue weighted by Gasteiger charge is -2.21. The van der Waals surface area contributed by atoms with Gasteiger partial charge in [-0.3, -0.25) is 19.1 Å². The maximum atomic E-state index is 13.7. The maximum absolute atomic E-state index is 13.7. The molecular formula is C31H39N5O6. The summed E-state index contributed by atoms with van der Waals surface area (Å²) in [6, 6.07) is 7.55. The summed E-state index contributed by atoms with van der Waals surface area (Å²) in [6.45, 7) is 7.15. The highest BCUT2D eigenvalue weighted by atomic mass is 16.5. The molecule has 224 valence electrons. The van der Waals surface area contributed by atoms with Gasteiger partial charge in [0.15, 0.2) is 17.3 Å². The molecule has 0 bridgehead atoms. The van der Waals surface area contributed by atoms with E-state index in [4.69, 9.17) is 14.2 Å². The van der Waals surface area contributed by atoms with E-state index in [1.54, 1.807) is 38.1 Å². The Kier molecular flexibility index (Phi) is 9.08. The molecule has 0 saturated carbocycles. The number of nitrogens with zero attached hydrogens (tertiary/aromatic N) is 2. The van der Waals surface area contributed by atoms with E-state index in [1.165, 1.54) is 20.1 Å². The second kappa shape index (κ2) is 12.5. The lowest BCUT2D eigenvalue weighted by atomic mass is 9.95. The van der Waals surface area contributed by atoms with Crippen molar-refractivity contribution in [1.82, 2.24) is 15.1 Å². The van der Waals surface area contributed by atoms with Gasteiger partial charge in [0.05, 0.1) is 33.1 Å². The lowest BCUT2D eigenvalue weighted by molar-refractivity contribution is -0.120. The van der Waals surface area contributed by atoms with Crippen molar-refractivity contribution in [2.75, 3.05) is 32.0 Å². The summed E-state index contributed by atoms with van der Waals surface area (Å²) >= 11 is 0. The smallest absolute Gasteiger partial charge is 0.248 e. The molecule has 2 amide bonds. The minimum atomic E-state index is -0.723. The van der Waals surface area contributed by atoms with Crippen molar-refractivity contribution in [3.05, 3.63) is 57.4 Å². The Bertz CT molecular complexity index is 1540. The molecule has 3 N–H and O–H groups in total. The molecule has 0 spiro atoms.